The number of nitrogens with zero attached hydrogens (tertiary/aromatic N) is 1. The van der Waals surface area contributed by atoms with E-state index >= 15 is 0 Å². The fraction of sp³-hybridized carbons (Fsp3) is 0.333. The van der Waals surface area contributed by atoms with E-state index in [0.717, 1.165) is 16.8 Å². The first-order chi connectivity index (χ1) is 14.4. The molecule has 30 heavy (non-hydrogen) atoms. The van der Waals surface area contributed by atoms with Gasteiger partial charge in [-0.25, -0.2) is 4.79 Å². The second kappa shape index (κ2) is 9.43. The number of rotatable bonds is 6. The molecule has 3 rings (SSSR count). The first-order valence-corrected chi connectivity index (χ1v) is 9.40. The molecule has 3 amide bonds. The fourth-order valence-corrected chi connectivity index (χ4v) is 3.39. The first kappa shape index (κ1) is 21.4. The second-order valence-electron chi connectivity index (χ2n) is 6.82. The maximum atomic E-state index is 12.6. The zero-order valence-electron chi connectivity index (χ0n) is 16.7. The van der Waals surface area contributed by atoms with Crippen LogP contribution in [0.5, 0.6) is 11.5 Å². The first-order valence-electron chi connectivity index (χ1n) is 9.40. The topological polar surface area (TPSA) is 79.9 Å². The predicted molar refractivity (Wildman–Crippen MR) is 107 cm³/mol. The van der Waals surface area contributed by atoms with E-state index in [1.54, 1.807) is 17.0 Å². The van der Waals surface area contributed by atoms with Crippen molar-refractivity contribution in [3.63, 3.8) is 0 Å². The zero-order valence-corrected chi connectivity index (χ0v) is 16.7. The molecule has 0 aromatic heterocycles. The van der Waals surface area contributed by atoms with Gasteiger partial charge >= 0.3 is 12.6 Å². The van der Waals surface area contributed by atoms with Crippen LogP contribution < -0.4 is 20.1 Å². The molecule has 2 aromatic carbocycles. The molecule has 0 fully saturated rings. The number of amides is 3. The minimum atomic E-state index is -2.95. The van der Waals surface area contributed by atoms with Gasteiger partial charge in [-0.1, -0.05) is 18.2 Å². The lowest BCUT2D eigenvalue weighted by atomic mass is 9.98. The molecule has 9 heteroatoms. The summed E-state index contributed by atoms with van der Waals surface area (Å²) in [6.07, 6.45) is 0.632. The summed E-state index contributed by atoms with van der Waals surface area (Å²) in [5.41, 5.74) is 3.49. The van der Waals surface area contributed by atoms with Crippen molar-refractivity contribution in [1.29, 1.82) is 0 Å². The smallest absolute Gasteiger partial charge is 0.387 e. The molecule has 7 nitrogen and oxygen atoms in total. The van der Waals surface area contributed by atoms with Gasteiger partial charge in [-0.3, -0.25) is 4.79 Å². The highest BCUT2D eigenvalue weighted by molar-refractivity contribution is 5.90. The molecule has 160 valence electrons. The van der Waals surface area contributed by atoms with Gasteiger partial charge in [0.1, 0.15) is 0 Å². The number of halogens is 2. The Kier molecular flexibility index (Phi) is 6.71. The van der Waals surface area contributed by atoms with Crippen molar-refractivity contribution in [2.75, 3.05) is 19.0 Å². The van der Waals surface area contributed by atoms with Gasteiger partial charge in [0.05, 0.1) is 7.11 Å². The molecule has 2 N–H and O–H groups in total. The molecular weight excluding hydrogens is 396 g/mol. The van der Waals surface area contributed by atoms with Crippen LogP contribution in [0.3, 0.4) is 0 Å². The van der Waals surface area contributed by atoms with Gasteiger partial charge in [0.15, 0.2) is 11.5 Å². The lowest BCUT2D eigenvalue weighted by molar-refractivity contribution is -0.114. The number of benzene rings is 2. The van der Waals surface area contributed by atoms with Gasteiger partial charge in [-0.15, -0.1) is 0 Å². The molecule has 1 aliphatic heterocycles. The van der Waals surface area contributed by atoms with Crippen molar-refractivity contribution < 1.29 is 27.8 Å². The Morgan fingerprint density at radius 1 is 1.20 bits per heavy atom. The summed E-state index contributed by atoms with van der Waals surface area (Å²) < 4.78 is 34.3. The third-order valence-electron chi connectivity index (χ3n) is 4.75. The van der Waals surface area contributed by atoms with Crippen LogP contribution >= 0.6 is 0 Å². The highest BCUT2D eigenvalue weighted by Gasteiger charge is 2.22. The summed E-state index contributed by atoms with van der Waals surface area (Å²) in [5.74, 6) is -0.0337. The Bertz CT molecular complexity index is 936. The molecule has 0 saturated heterocycles. The lowest BCUT2D eigenvalue weighted by Gasteiger charge is -2.30. The van der Waals surface area contributed by atoms with Crippen LogP contribution in [0, 0.1) is 0 Å². The number of hydrogen-bond acceptors (Lipinski definition) is 4. The summed E-state index contributed by atoms with van der Waals surface area (Å²) in [5, 5.41) is 5.65. The number of fused-ring (bicyclic) bond motifs is 1. The summed E-state index contributed by atoms with van der Waals surface area (Å²) in [4.78, 5) is 25.7. The monoisotopic (exact) mass is 419 g/mol. The Hall–Kier alpha value is -3.36. The van der Waals surface area contributed by atoms with Gasteiger partial charge in [0, 0.05) is 32.2 Å². The van der Waals surface area contributed by atoms with Crippen LogP contribution in [0.1, 0.15) is 23.6 Å². The Morgan fingerprint density at radius 2 is 2.00 bits per heavy atom. The normalized spacial score (nSPS) is 12.9. The summed E-state index contributed by atoms with van der Waals surface area (Å²) in [7, 11) is 1.36. The second-order valence-corrected chi connectivity index (χ2v) is 6.82. The molecule has 0 spiro atoms. The van der Waals surface area contributed by atoms with Crippen LogP contribution in [-0.4, -0.2) is 37.1 Å². The van der Waals surface area contributed by atoms with E-state index in [0.29, 0.717) is 25.1 Å². The van der Waals surface area contributed by atoms with E-state index in [4.69, 9.17) is 4.74 Å². The van der Waals surface area contributed by atoms with Gasteiger partial charge in [-0.05, 0) is 41.3 Å². The van der Waals surface area contributed by atoms with E-state index in [-0.39, 0.29) is 30.0 Å². The van der Waals surface area contributed by atoms with Crippen molar-refractivity contribution in [3.8, 4) is 11.5 Å². The number of anilines is 1. The molecule has 2 aromatic rings. The van der Waals surface area contributed by atoms with E-state index in [2.05, 4.69) is 15.4 Å². The Balaban J connectivity index is 1.62. The highest BCUT2D eigenvalue weighted by Crippen LogP contribution is 2.30. The van der Waals surface area contributed by atoms with Crippen LogP contribution in [0.4, 0.5) is 19.3 Å². The number of hydrogen-bond donors (Lipinski definition) is 2. The number of ether oxygens (including phenoxy) is 2. The molecule has 1 aliphatic rings. The number of urea groups is 1. The van der Waals surface area contributed by atoms with Gasteiger partial charge < -0.3 is 25.0 Å². The average molecular weight is 419 g/mol. The van der Waals surface area contributed by atoms with E-state index in [9.17, 15) is 18.4 Å². The highest BCUT2D eigenvalue weighted by atomic mass is 19.3. The van der Waals surface area contributed by atoms with Crippen molar-refractivity contribution in [2.45, 2.75) is 33.0 Å². The third kappa shape index (κ3) is 5.16. The number of alkyl halides is 2. The van der Waals surface area contributed by atoms with Crippen LogP contribution in [0.15, 0.2) is 36.4 Å². The zero-order chi connectivity index (χ0) is 21.7. The van der Waals surface area contributed by atoms with Crippen molar-refractivity contribution in [1.82, 2.24) is 10.2 Å². The Labute approximate surface area is 173 Å². The molecule has 0 saturated carbocycles. The Morgan fingerprint density at radius 3 is 2.70 bits per heavy atom. The van der Waals surface area contributed by atoms with Crippen LogP contribution in [0.2, 0.25) is 0 Å². The van der Waals surface area contributed by atoms with Gasteiger partial charge in [0.25, 0.3) is 0 Å². The maximum Gasteiger partial charge on any atom is 0.387 e. The van der Waals surface area contributed by atoms with Crippen LogP contribution in [0.25, 0.3) is 0 Å². The number of nitrogens with one attached hydrogen (secondary N) is 2. The van der Waals surface area contributed by atoms with E-state index in [1.165, 1.54) is 20.1 Å². The SMILES string of the molecule is COc1cc(CNC(=O)N2CCc3c(cccc3NC(C)=O)C2)ccc1OC(F)F. The number of carbonyl (C=O) groups is 2. The average Bonchev–Trinajstić information content (AvgIpc) is 2.71. The number of carbonyl (C=O) groups excluding carboxylic acids is 2. The van der Waals surface area contributed by atoms with Crippen molar-refractivity contribution in [3.05, 3.63) is 53.1 Å². The molecule has 0 radical (unpaired) electrons. The minimum Gasteiger partial charge on any atom is -0.493 e. The molecule has 0 unspecified atom stereocenters. The van der Waals surface area contributed by atoms with Gasteiger partial charge in [-0.2, -0.15) is 8.78 Å². The fourth-order valence-electron chi connectivity index (χ4n) is 3.39. The molecule has 0 atom stereocenters. The molecule has 0 aliphatic carbocycles. The molecule has 0 bridgehead atoms. The molecule has 1 heterocycles. The third-order valence-corrected chi connectivity index (χ3v) is 4.75. The van der Waals surface area contributed by atoms with Crippen LogP contribution in [-0.2, 0) is 24.3 Å². The summed E-state index contributed by atoms with van der Waals surface area (Å²) in [6, 6.07) is 9.91. The lowest BCUT2D eigenvalue weighted by Crippen LogP contribution is -2.42. The largest absolute Gasteiger partial charge is 0.493 e. The van der Waals surface area contributed by atoms with Gasteiger partial charge in [0.2, 0.25) is 5.91 Å². The predicted octanol–water partition coefficient (Wildman–Crippen LogP) is 3.52. The minimum absolute atomic E-state index is 0.0646. The van der Waals surface area contributed by atoms with Crippen molar-refractivity contribution in [2.24, 2.45) is 0 Å². The standard InChI is InChI=1S/C21H23F2N3O4/c1-13(27)25-17-5-3-4-15-12-26(9-8-16(15)17)21(28)24-11-14-6-7-18(30-20(22)23)19(10-14)29-2/h3-7,10,20H,8-9,11-12H2,1-2H3,(H,24,28)(H,25,27). The molecular formula is C21H23F2N3O4. The maximum absolute atomic E-state index is 12.6. The van der Waals surface area contributed by atoms with E-state index in [1.807, 2.05) is 18.2 Å². The summed E-state index contributed by atoms with van der Waals surface area (Å²) >= 11 is 0. The number of methoxy groups -OCH3 is 1. The summed E-state index contributed by atoms with van der Waals surface area (Å²) in [6.45, 7) is -0.334. The van der Waals surface area contributed by atoms with Crippen molar-refractivity contribution >= 4 is 17.6 Å². The van der Waals surface area contributed by atoms with E-state index < -0.39 is 6.61 Å². The quantitative estimate of drug-likeness (QED) is 0.751.